The zero-order valence-electron chi connectivity index (χ0n) is 14.9. The average molecular weight is 413 g/mol. The predicted molar refractivity (Wildman–Crippen MR) is 108 cm³/mol. The third-order valence-corrected chi connectivity index (χ3v) is 4.38. The fourth-order valence-corrected chi connectivity index (χ4v) is 2.79. The van der Waals surface area contributed by atoms with Crippen LogP contribution < -0.4 is 10.1 Å². The van der Waals surface area contributed by atoms with Gasteiger partial charge in [0, 0.05) is 4.47 Å². The van der Waals surface area contributed by atoms with Crippen molar-refractivity contribution in [1.82, 2.24) is 0 Å². The highest BCUT2D eigenvalue weighted by Crippen LogP contribution is 2.24. The molecule has 5 heteroatoms. The first-order chi connectivity index (χ1) is 12.6. The number of hydrogen-bond acceptors (Lipinski definition) is 3. The second-order valence-electron chi connectivity index (χ2n) is 5.71. The molecule has 26 heavy (non-hydrogen) atoms. The summed E-state index contributed by atoms with van der Waals surface area (Å²) in [4.78, 5) is 12.4. The number of carbonyl (C=O) groups is 1. The Balaban J connectivity index is 2.13. The van der Waals surface area contributed by atoms with Gasteiger partial charge in [-0.05, 0) is 70.2 Å². The van der Waals surface area contributed by atoms with Crippen LogP contribution >= 0.6 is 15.9 Å². The molecule has 0 aliphatic carbocycles. The number of nitrogens with one attached hydrogen (secondary N) is 1. The van der Waals surface area contributed by atoms with Crippen LogP contribution in [0.25, 0.3) is 6.08 Å². The third kappa shape index (κ3) is 5.47. The first-order valence-electron chi connectivity index (χ1n) is 8.51. The number of nitriles is 1. The Kier molecular flexibility index (Phi) is 7.43. The molecule has 0 heterocycles. The number of carbonyl (C=O) groups excluding carboxylic acids is 1. The SMILES string of the molecule is CCCOc1ccc(/C=C(\C#N)C(=O)Nc2ccc(CC)cc2Br)cc1. The molecule has 134 valence electrons. The normalized spacial score (nSPS) is 10.9. The monoisotopic (exact) mass is 412 g/mol. The van der Waals surface area contributed by atoms with E-state index in [1.165, 1.54) is 0 Å². The molecule has 1 N–H and O–H groups in total. The van der Waals surface area contributed by atoms with Gasteiger partial charge in [0.1, 0.15) is 17.4 Å². The lowest BCUT2D eigenvalue weighted by atomic mass is 10.1. The van der Waals surface area contributed by atoms with E-state index < -0.39 is 5.91 Å². The Morgan fingerprint density at radius 1 is 1.23 bits per heavy atom. The third-order valence-electron chi connectivity index (χ3n) is 3.72. The molecule has 0 aliphatic rings. The summed E-state index contributed by atoms with van der Waals surface area (Å²) >= 11 is 3.45. The van der Waals surface area contributed by atoms with Gasteiger partial charge in [0.25, 0.3) is 5.91 Å². The second-order valence-corrected chi connectivity index (χ2v) is 6.56. The Labute approximate surface area is 162 Å². The molecule has 1 amide bonds. The van der Waals surface area contributed by atoms with Crippen LogP contribution in [0.4, 0.5) is 5.69 Å². The van der Waals surface area contributed by atoms with Crippen molar-refractivity contribution < 1.29 is 9.53 Å². The molecule has 0 aromatic heterocycles. The number of ether oxygens (including phenoxy) is 1. The summed E-state index contributed by atoms with van der Waals surface area (Å²) in [5, 5.41) is 12.1. The molecule has 0 atom stereocenters. The van der Waals surface area contributed by atoms with E-state index in [0.717, 1.165) is 34.2 Å². The van der Waals surface area contributed by atoms with Crippen molar-refractivity contribution >= 4 is 33.6 Å². The molecular formula is C21H21BrN2O2. The highest BCUT2D eigenvalue weighted by atomic mass is 79.9. The lowest BCUT2D eigenvalue weighted by Crippen LogP contribution is -2.13. The number of hydrogen-bond donors (Lipinski definition) is 1. The van der Waals surface area contributed by atoms with E-state index in [0.29, 0.717) is 12.3 Å². The number of nitrogens with zero attached hydrogens (tertiary/aromatic N) is 1. The van der Waals surface area contributed by atoms with E-state index in [1.807, 2.05) is 55.5 Å². The van der Waals surface area contributed by atoms with Gasteiger partial charge >= 0.3 is 0 Å². The molecule has 2 aromatic rings. The van der Waals surface area contributed by atoms with Crippen LogP contribution in [0.2, 0.25) is 0 Å². The van der Waals surface area contributed by atoms with Gasteiger partial charge in [-0.15, -0.1) is 0 Å². The van der Waals surface area contributed by atoms with Gasteiger partial charge in [0.15, 0.2) is 0 Å². The molecule has 2 aromatic carbocycles. The van der Waals surface area contributed by atoms with E-state index in [-0.39, 0.29) is 5.57 Å². The second kappa shape index (κ2) is 9.79. The number of rotatable bonds is 7. The first kappa shape index (κ1) is 19.7. The lowest BCUT2D eigenvalue weighted by Gasteiger charge is -2.08. The Morgan fingerprint density at radius 2 is 1.96 bits per heavy atom. The number of benzene rings is 2. The van der Waals surface area contributed by atoms with E-state index in [1.54, 1.807) is 6.08 Å². The van der Waals surface area contributed by atoms with Gasteiger partial charge in [-0.25, -0.2) is 0 Å². The van der Waals surface area contributed by atoms with Crippen LogP contribution in [0.3, 0.4) is 0 Å². The molecule has 0 aliphatic heterocycles. The van der Waals surface area contributed by atoms with Crippen molar-refractivity contribution in [2.45, 2.75) is 26.7 Å². The zero-order valence-corrected chi connectivity index (χ0v) is 16.5. The van der Waals surface area contributed by atoms with Gasteiger partial charge in [0.2, 0.25) is 0 Å². The highest BCUT2D eigenvalue weighted by Gasteiger charge is 2.11. The van der Waals surface area contributed by atoms with Crippen molar-refractivity contribution in [3.63, 3.8) is 0 Å². The smallest absolute Gasteiger partial charge is 0.266 e. The standard InChI is InChI=1S/C21H21BrN2O2/c1-3-11-26-18-8-5-16(6-9-18)12-17(14-23)21(25)24-20-10-7-15(4-2)13-19(20)22/h5-10,12-13H,3-4,11H2,1-2H3,(H,24,25)/b17-12+. The van der Waals surface area contributed by atoms with Crippen molar-refractivity contribution in [2.75, 3.05) is 11.9 Å². The molecule has 0 spiro atoms. The predicted octanol–water partition coefficient (Wildman–Crippen LogP) is 5.35. The van der Waals surface area contributed by atoms with Crippen LogP contribution in [0.15, 0.2) is 52.5 Å². The summed E-state index contributed by atoms with van der Waals surface area (Å²) in [5.41, 5.74) is 2.60. The maximum atomic E-state index is 12.4. The Bertz CT molecular complexity index is 836. The summed E-state index contributed by atoms with van der Waals surface area (Å²) in [5.74, 6) is 0.329. The maximum absolute atomic E-state index is 12.4. The van der Waals surface area contributed by atoms with E-state index in [4.69, 9.17) is 4.74 Å². The van der Waals surface area contributed by atoms with Crippen molar-refractivity contribution in [1.29, 1.82) is 5.26 Å². The number of amides is 1. The molecule has 0 saturated carbocycles. The van der Waals surface area contributed by atoms with Crippen LogP contribution in [0.1, 0.15) is 31.4 Å². The van der Waals surface area contributed by atoms with E-state index >= 15 is 0 Å². The zero-order chi connectivity index (χ0) is 18.9. The fraction of sp³-hybridized carbons (Fsp3) is 0.238. The van der Waals surface area contributed by atoms with Crippen LogP contribution in [0.5, 0.6) is 5.75 Å². The van der Waals surface area contributed by atoms with E-state index in [2.05, 4.69) is 28.2 Å². The minimum absolute atomic E-state index is 0.0405. The Morgan fingerprint density at radius 3 is 2.54 bits per heavy atom. The van der Waals surface area contributed by atoms with Crippen LogP contribution in [-0.4, -0.2) is 12.5 Å². The average Bonchev–Trinajstić information content (AvgIpc) is 2.66. The molecule has 0 radical (unpaired) electrons. The summed E-state index contributed by atoms with van der Waals surface area (Å²) < 4.78 is 6.32. The topological polar surface area (TPSA) is 62.1 Å². The van der Waals surface area contributed by atoms with Gasteiger partial charge in [-0.1, -0.05) is 32.0 Å². The maximum Gasteiger partial charge on any atom is 0.266 e. The van der Waals surface area contributed by atoms with Gasteiger partial charge in [-0.2, -0.15) is 5.26 Å². The van der Waals surface area contributed by atoms with Gasteiger partial charge in [-0.3, -0.25) is 4.79 Å². The van der Waals surface area contributed by atoms with Crippen LogP contribution in [-0.2, 0) is 11.2 Å². The molecule has 0 fully saturated rings. The van der Waals surface area contributed by atoms with Crippen LogP contribution in [0, 0.1) is 11.3 Å². The van der Waals surface area contributed by atoms with Crippen molar-refractivity contribution in [3.05, 3.63) is 63.6 Å². The largest absolute Gasteiger partial charge is 0.494 e. The molecular weight excluding hydrogens is 392 g/mol. The summed E-state index contributed by atoms with van der Waals surface area (Å²) in [6.45, 7) is 4.77. The van der Waals surface area contributed by atoms with Crippen molar-refractivity contribution in [3.8, 4) is 11.8 Å². The minimum atomic E-state index is -0.441. The van der Waals surface area contributed by atoms with Gasteiger partial charge < -0.3 is 10.1 Å². The van der Waals surface area contributed by atoms with Gasteiger partial charge in [0.05, 0.1) is 12.3 Å². The quantitative estimate of drug-likeness (QED) is 0.492. The molecule has 0 bridgehead atoms. The Hall–Kier alpha value is -2.58. The summed E-state index contributed by atoms with van der Waals surface area (Å²) in [7, 11) is 0. The number of aryl methyl sites for hydroxylation is 1. The fourth-order valence-electron chi connectivity index (χ4n) is 2.27. The van der Waals surface area contributed by atoms with E-state index in [9.17, 15) is 10.1 Å². The number of halogens is 1. The molecule has 0 unspecified atom stereocenters. The summed E-state index contributed by atoms with van der Waals surface area (Å²) in [6, 6.07) is 15.0. The number of anilines is 1. The summed E-state index contributed by atoms with van der Waals surface area (Å²) in [6.07, 6.45) is 3.41. The minimum Gasteiger partial charge on any atom is -0.494 e. The highest BCUT2D eigenvalue weighted by molar-refractivity contribution is 9.10. The molecule has 2 rings (SSSR count). The molecule has 4 nitrogen and oxygen atoms in total. The van der Waals surface area contributed by atoms with Crippen molar-refractivity contribution in [2.24, 2.45) is 0 Å². The molecule has 0 saturated heterocycles. The lowest BCUT2D eigenvalue weighted by molar-refractivity contribution is -0.112. The first-order valence-corrected chi connectivity index (χ1v) is 9.31.